The standard InChI is InChI=1S/C15H16N2O2/c1-10-12(6-8-19-10)15(18)17-14-4-2-3-11-9-16-7-5-13(11)14/h2-4,6,8,16H,5,7,9H2,1H3,(H,17,18). The van der Waals surface area contributed by atoms with Crippen LogP contribution in [0.1, 0.15) is 27.2 Å². The second-order valence-electron chi connectivity index (χ2n) is 4.71. The summed E-state index contributed by atoms with van der Waals surface area (Å²) in [5.41, 5.74) is 3.99. The van der Waals surface area contributed by atoms with Crippen LogP contribution in [-0.4, -0.2) is 12.5 Å². The summed E-state index contributed by atoms with van der Waals surface area (Å²) < 4.78 is 5.17. The van der Waals surface area contributed by atoms with Crippen LogP contribution >= 0.6 is 0 Å². The van der Waals surface area contributed by atoms with E-state index in [2.05, 4.69) is 16.7 Å². The number of anilines is 1. The highest BCUT2D eigenvalue weighted by Gasteiger charge is 2.16. The summed E-state index contributed by atoms with van der Waals surface area (Å²) in [4.78, 5) is 12.2. The van der Waals surface area contributed by atoms with E-state index in [4.69, 9.17) is 4.42 Å². The monoisotopic (exact) mass is 256 g/mol. The molecular formula is C15H16N2O2. The summed E-state index contributed by atoms with van der Waals surface area (Å²) in [6.45, 7) is 3.60. The van der Waals surface area contributed by atoms with Crippen molar-refractivity contribution < 1.29 is 9.21 Å². The Hall–Kier alpha value is -2.07. The third kappa shape index (κ3) is 2.27. The van der Waals surface area contributed by atoms with Gasteiger partial charge in [-0.1, -0.05) is 12.1 Å². The van der Waals surface area contributed by atoms with Gasteiger partial charge in [-0.25, -0.2) is 0 Å². The lowest BCUT2D eigenvalue weighted by molar-refractivity contribution is 0.102. The number of amides is 1. The molecule has 1 aliphatic heterocycles. The van der Waals surface area contributed by atoms with Gasteiger partial charge in [0.1, 0.15) is 5.76 Å². The maximum absolute atomic E-state index is 12.2. The first kappa shape index (κ1) is 12.0. The van der Waals surface area contributed by atoms with E-state index < -0.39 is 0 Å². The van der Waals surface area contributed by atoms with E-state index in [-0.39, 0.29) is 5.91 Å². The molecule has 0 aliphatic carbocycles. The Labute approximate surface area is 111 Å². The zero-order valence-corrected chi connectivity index (χ0v) is 10.8. The van der Waals surface area contributed by atoms with E-state index in [1.165, 1.54) is 17.4 Å². The molecule has 4 nitrogen and oxygen atoms in total. The minimum atomic E-state index is -0.113. The second-order valence-corrected chi connectivity index (χ2v) is 4.71. The van der Waals surface area contributed by atoms with Gasteiger partial charge in [-0.05, 0) is 43.1 Å². The molecule has 1 amide bonds. The molecule has 0 unspecified atom stereocenters. The Balaban J connectivity index is 1.88. The minimum absolute atomic E-state index is 0.113. The van der Waals surface area contributed by atoms with Crippen molar-refractivity contribution in [3.8, 4) is 0 Å². The van der Waals surface area contributed by atoms with Gasteiger partial charge in [0.2, 0.25) is 0 Å². The smallest absolute Gasteiger partial charge is 0.259 e. The predicted molar refractivity (Wildman–Crippen MR) is 73.3 cm³/mol. The zero-order valence-electron chi connectivity index (χ0n) is 10.8. The second kappa shape index (κ2) is 4.90. The number of benzene rings is 1. The molecule has 98 valence electrons. The predicted octanol–water partition coefficient (Wildman–Crippen LogP) is 2.49. The first-order valence-electron chi connectivity index (χ1n) is 6.42. The van der Waals surface area contributed by atoms with Crippen LogP contribution in [0.3, 0.4) is 0 Å². The first-order valence-corrected chi connectivity index (χ1v) is 6.42. The number of fused-ring (bicyclic) bond motifs is 1. The Morgan fingerprint density at radius 1 is 1.37 bits per heavy atom. The fourth-order valence-electron chi connectivity index (χ4n) is 2.46. The summed E-state index contributed by atoms with van der Waals surface area (Å²) in [7, 11) is 0. The van der Waals surface area contributed by atoms with Gasteiger partial charge >= 0.3 is 0 Å². The number of aryl methyl sites for hydroxylation is 1. The topological polar surface area (TPSA) is 54.3 Å². The molecule has 1 aromatic heterocycles. The Kier molecular flexibility index (Phi) is 3.09. The van der Waals surface area contributed by atoms with E-state index in [1.807, 2.05) is 12.1 Å². The number of hydrogen-bond acceptors (Lipinski definition) is 3. The number of nitrogens with one attached hydrogen (secondary N) is 2. The van der Waals surface area contributed by atoms with E-state index in [0.29, 0.717) is 11.3 Å². The van der Waals surface area contributed by atoms with Gasteiger partial charge in [0.15, 0.2) is 0 Å². The maximum Gasteiger partial charge on any atom is 0.259 e. The average molecular weight is 256 g/mol. The molecule has 1 aliphatic rings. The number of rotatable bonds is 2. The lowest BCUT2D eigenvalue weighted by Gasteiger charge is -2.20. The van der Waals surface area contributed by atoms with Crippen molar-refractivity contribution in [2.45, 2.75) is 19.9 Å². The van der Waals surface area contributed by atoms with Crippen molar-refractivity contribution in [1.82, 2.24) is 5.32 Å². The van der Waals surface area contributed by atoms with Crippen LogP contribution in [-0.2, 0) is 13.0 Å². The van der Waals surface area contributed by atoms with Crippen molar-refractivity contribution >= 4 is 11.6 Å². The molecule has 19 heavy (non-hydrogen) atoms. The van der Waals surface area contributed by atoms with E-state index in [1.54, 1.807) is 13.0 Å². The summed E-state index contributed by atoms with van der Waals surface area (Å²) >= 11 is 0. The molecule has 4 heteroatoms. The first-order chi connectivity index (χ1) is 9.25. The van der Waals surface area contributed by atoms with Crippen LogP contribution in [0.2, 0.25) is 0 Å². The number of carbonyl (C=O) groups excluding carboxylic acids is 1. The highest BCUT2D eigenvalue weighted by molar-refractivity contribution is 6.05. The molecule has 0 radical (unpaired) electrons. The average Bonchev–Trinajstić information content (AvgIpc) is 2.85. The number of hydrogen-bond donors (Lipinski definition) is 2. The molecule has 3 rings (SSSR count). The number of carbonyl (C=O) groups is 1. The lowest BCUT2D eigenvalue weighted by atomic mass is 9.99. The largest absolute Gasteiger partial charge is 0.469 e. The molecule has 0 saturated heterocycles. The molecule has 0 saturated carbocycles. The highest BCUT2D eigenvalue weighted by atomic mass is 16.3. The summed E-state index contributed by atoms with van der Waals surface area (Å²) in [6.07, 6.45) is 2.48. The minimum Gasteiger partial charge on any atom is -0.469 e. The van der Waals surface area contributed by atoms with Gasteiger partial charge in [-0.15, -0.1) is 0 Å². The van der Waals surface area contributed by atoms with E-state index in [9.17, 15) is 4.79 Å². The third-order valence-corrected chi connectivity index (χ3v) is 3.49. The molecule has 0 fully saturated rings. The van der Waals surface area contributed by atoms with Crippen molar-refractivity contribution in [3.05, 3.63) is 53.0 Å². The molecule has 2 N–H and O–H groups in total. The van der Waals surface area contributed by atoms with Crippen LogP contribution in [0.25, 0.3) is 0 Å². The molecule has 0 atom stereocenters. The molecular weight excluding hydrogens is 240 g/mol. The summed E-state index contributed by atoms with van der Waals surface area (Å²) in [6, 6.07) is 7.73. The molecule has 0 spiro atoms. The van der Waals surface area contributed by atoms with Crippen molar-refractivity contribution in [2.24, 2.45) is 0 Å². The fraction of sp³-hybridized carbons (Fsp3) is 0.267. The summed E-state index contributed by atoms with van der Waals surface area (Å²) in [5.74, 6) is 0.530. The van der Waals surface area contributed by atoms with Crippen LogP contribution in [0.5, 0.6) is 0 Å². The van der Waals surface area contributed by atoms with Gasteiger partial charge in [0, 0.05) is 12.2 Å². The van der Waals surface area contributed by atoms with Crippen molar-refractivity contribution in [1.29, 1.82) is 0 Å². The van der Waals surface area contributed by atoms with Gasteiger partial charge in [0.25, 0.3) is 5.91 Å². The van der Waals surface area contributed by atoms with Crippen LogP contribution in [0, 0.1) is 6.92 Å². The lowest BCUT2D eigenvalue weighted by Crippen LogP contribution is -2.25. The molecule has 1 aromatic carbocycles. The Morgan fingerprint density at radius 3 is 3.05 bits per heavy atom. The fourth-order valence-corrected chi connectivity index (χ4v) is 2.46. The summed E-state index contributed by atoms with van der Waals surface area (Å²) in [5, 5.41) is 6.32. The van der Waals surface area contributed by atoms with Crippen molar-refractivity contribution in [3.63, 3.8) is 0 Å². The Bertz CT molecular complexity index is 616. The highest BCUT2D eigenvalue weighted by Crippen LogP contribution is 2.24. The van der Waals surface area contributed by atoms with Gasteiger partial charge in [-0.2, -0.15) is 0 Å². The van der Waals surface area contributed by atoms with Crippen molar-refractivity contribution in [2.75, 3.05) is 11.9 Å². The van der Waals surface area contributed by atoms with Gasteiger partial charge in [0.05, 0.1) is 11.8 Å². The van der Waals surface area contributed by atoms with Crippen LogP contribution in [0.15, 0.2) is 34.9 Å². The normalized spacial score (nSPS) is 13.9. The zero-order chi connectivity index (χ0) is 13.2. The van der Waals surface area contributed by atoms with E-state index >= 15 is 0 Å². The quantitative estimate of drug-likeness (QED) is 0.868. The maximum atomic E-state index is 12.2. The molecule has 0 bridgehead atoms. The van der Waals surface area contributed by atoms with Gasteiger partial charge < -0.3 is 15.1 Å². The molecule has 2 aromatic rings. The Morgan fingerprint density at radius 2 is 2.26 bits per heavy atom. The van der Waals surface area contributed by atoms with Crippen LogP contribution in [0.4, 0.5) is 5.69 Å². The van der Waals surface area contributed by atoms with Gasteiger partial charge in [-0.3, -0.25) is 4.79 Å². The van der Waals surface area contributed by atoms with E-state index in [0.717, 1.165) is 25.2 Å². The van der Waals surface area contributed by atoms with Crippen LogP contribution < -0.4 is 10.6 Å². The molecule has 2 heterocycles. The number of furan rings is 1. The SMILES string of the molecule is Cc1occc1C(=O)Nc1cccc2c1CCNC2. The third-order valence-electron chi connectivity index (χ3n) is 3.49.